The molecule has 50 heavy (non-hydrogen) atoms. The third kappa shape index (κ3) is 5.45. The fourth-order valence-corrected chi connectivity index (χ4v) is 7.30. The van der Waals surface area contributed by atoms with Crippen molar-refractivity contribution in [2.75, 3.05) is 0 Å². The van der Waals surface area contributed by atoms with Gasteiger partial charge in [-0.25, -0.2) is 0 Å². The van der Waals surface area contributed by atoms with Gasteiger partial charge in [0, 0.05) is 12.4 Å². The number of aromatic nitrogens is 1. The van der Waals surface area contributed by atoms with Crippen LogP contribution in [0.4, 0.5) is 0 Å². The van der Waals surface area contributed by atoms with E-state index in [0.29, 0.717) is 0 Å². The van der Waals surface area contributed by atoms with Gasteiger partial charge in [-0.05, 0) is 107 Å². The Hall–Kier alpha value is -6.57. The van der Waals surface area contributed by atoms with Crippen LogP contribution in [0.1, 0.15) is 0 Å². The molecule has 8 aromatic carbocycles. The van der Waals surface area contributed by atoms with Crippen molar-refractivity contribution in [2.45, 2.75) is 0 Å². The molecule has 0 N–H and O–H groups in total. The topological polar surface area (TPSA) is 12.9 Å². The highest BCUT2D eigenvalue weighted by molar-refractivity contribution is 6.22. The van der Waals surface area contributed by atoms with E-state index in [1.54, 1.807) is 0 Å². The molecule has 0 aliphatic heterocycles. The van der Waals surface area contributed by atoms with Crippen molar-refractivity contribution in [1.29, 1.82) is 0 Å². The van der Waals surface area contributed by atoms with Gasteiger partial charge in [-0.2, -0.15) is 0 Å². The molecule has 234 valence electrons. The predicted molar refractivity (Wildman–Crippen MR) is 212 cm³/mol. The van der Waals surface area contributed by atoms with Crippen molar-refractivity contribution in [3.05, 3.63) is 200 Å². The Morgan fingerprint density at radius 3 is 1.02 bits per heavy atom. The minimum absolute atomic E-state index is 1.17. The van der Waals surface area contributed by atoms with Crippen molar-refractivity contribution < 1.29 is 0 Å². The standard InChI is InChI=1S/C49H33N/c1-3-9-34(10-4-1)36-19-23-41(24-20-36)48-44-13-7-8-14-45(44)49(42-25-21-37(22-26-42)35-11-5-2-6-12-35)47-33-43(27-28-46(47)48)39-17-15-38(16-18-39)40-29-31-50-32-30-40/h1-33H. The average molecular weight is 636 g/mol. The average Bonchev–Trinajstić information content (AvgIpc) is 3.21. The van der Waals surface area contributed by atoms with E-state index in [0.717, 1.165) is 0 Å². The summed E-state index contributed by atoms with van der Waals surface area (Å²) in [6.45, 7) is 0. The van der Waals surface area contributed by atoms with Crippen LogP contribution in [0.3, 0.4) is 0 Å². The maximum absolute atomic E-state index is 4.19. The Morgan fingerprint density at radius 1 is 0.220 bits per heavy atom. The van der Waals surface area contributed by atoms with Crippen LogP contribution >= 0.6 is 0 Å². The normalized spacial score (nSPS) is 11.2. The lowest BCUT2D eigenvalue weighted by molar-refractivity contribution is 1.33. The van der Waals surface area contributed by atoms with Gasteiger partial charge in [0.2, 0.25) is 0 Å². The Kier molecular flexibility index (Phi) is 7.57. The summed E-state index contributed by atoms with van der Waals surface area (Å²) in [5.41, 5.74) is 14.6. The number of nitrogens with zero attached hydrogens (tertiary/aromatic N) is 1. The highest BCUT2D eigenvalue weighted by Crippen LogP contribution is 2.45. The molecule has 0 aliphatic rings. The van der Waals surface area contributed by atoms with Crippen LogP contribution in [0, 0.1) is 0 Å². The fraction of sp³-hybridized carbons (Fsp3) is 0. The molecule has 1 heteroatoms. The van der Waals surface area contributed by atoms with E-state index in [2.05, 4.69) is 193 Å². The summed E-state index contributed by atoms with van der Waals surface area (Å²) in [6, 6.07) is 68.2. The molecule has 1 heterocycles. The second-order valence-electron chi connectivity index (χ2n) is 12.8. The van der Waals surface area contributed by atoms with Gasteiger partial charge < -0.3 is 0 Å². The van der Waals surface area contributed by atoms with Gasteiger partial charge in [-0.15, -0.1) is 0 Å². The van der Waals surface area contributed by atoms with Gasteiger partial charge in [0.05, 0.1) is 0 Å². The molecule has 9 rings (SSSR count). The quantitative estimate of drug-likeness (QED) is 0.166. The summed E-state index contributed by atoms with van der Waals surface area (Å²) < 4.78 is 0. The smallest absolute Gasteiger partial charge is 0.0273 e. The minimum atomic E-state index is 1.17. The van der Waals surface area contributed by atoms with Crippen molar-refractivity contribution in [1.82, 2.24) is 4.98 Å². The van der Waals surface area contributed by atoms with Gasteiger partial charge in [-0.1, -0.05) is 170 Å². The van der Waals surface area contributed by atoms with E-state index in [1.165, 1.54) is 88.3 Å². The zero-order valence-electron chi connectivity index (χ0n) is 27.5. The summed E-state index contributed by atoms with van der Waals surface area (Å²) in [4.78, 5) is 4.19. The molecule has 1 aromatic heterocycles. The SMILES string of the molecule is c1ccc(-c2ccc(-c3c4ccccc4c(-c4ccc(-c5ccccc5)cc4)c4cc(-c5ccc(-c6ccncc6)cc5)ccc34)cc2)cc1. The lowest BCUT2D eigenvalue weighted by atomic mass is 9.84. The molecule has 0 atom stereocenters. The zero-order valence-corrected chi connectivity index (χ0v) is 27.5. The first-order chi connectivity index (χ1) is 24.8. The molecule has 0 fully saturated rings. The molecule has 0 unspecified atom stereocenters. The van der Waals surface area contributed by atoms with E-state index in [4.69, 9.17) is 0 Å². The van der Waals surface area contributed by atoms with Crippen LogP contribution in [0.15, 0.2) is 200 Å². The van der Waals surface area contributed by atoms with Gasteiger partial charge in [0.25, 0.3) is 0 Å². The van der Waals surface area contributed by atoms with Gasteiger partial charge in [0.1, 0.15) is 0 Å². The lowest BCUT2D eigenvalue weighted by Gasteiger charge is -2.19. The van der Waals surface area contributed by atoms with E-state index in [9.17, 15) is 0 Å². The van der Waals surface area contributed by atoms with Gasteiger partial charge in [-0.3, -0.25) is 4.98 Å². The van der Waals surface area contributed by atoms with Crippen LogP contribution in [0.2, 0.25) is 0 Å². The van der Waals surface area contributed by atoms with E-state index in [1.807, 2.05) is 12.4 Å². The maximum atomic E-state index is 4.19. The molecule has 1 nitrogen and oxygen atoms in total. The molecule has 0 spiro atoms. The Labute approximate surface area is 292 Å². The highest BCUT2D eigenvalue weighted by Gasteiger charge is 2.18. The van der Waals surface area contributed by atoms with Crippen LogP contribution in [-0.2, 0) is 0 Å². The Bertz CT molecular complexity index is 2570. The second kappa shape index (κ2) is 12.8. The zero-order chi connectivity index (χ0) is 33.3. The third-order valence-electron chi connectivity index (χ3n) is 9.82. The predicted octanol–water partition coefficient (Wildman–Crippen LogP) is 13.4. The molecule has 0 bridgehead atoms. The molecule has 0 saturated carbocycles. The largest absolute Gasteiger partial charge is 0.265 e. The second-order valence-corrected chi connectivity index (χ2v) is 12.8. The number of fused-ring (bicyclic) bond motifs is 2. The Balaban J connectivity index is 1.25. The third-order valence-corrected chi connectivity index (χ3v) is 9.82. The summed E-state index contributed by atoms with van der Waals surface area (Å²) in [5.74, 6) is 0. The molecular formula is C49H33N. The van der Waals surface area contributed by atoms with E-state index < -0.39 is 0 Å². The van der Waals surface area contributed by atoms with Crippen molar-refractivity contribution >= 4 is 21.5 Å². The van der Waals surface area contributed by atoms with Gasteiger partial charge in [0.15, 0.2) is 0 Å². The van der Waals surface area contributed by atoms with Crippen LogP contribution in [0.5, 0.6) is 0 Å². The monoisotopic (exact) mass is 635 g/mol. The minimum Gasteiger partial charge on any atom is -0.265 e. The van der Waals surface area contributed by atoms with E-state index >= 15 is 0 Å². The molecule has 0 saturated heterocycles. The highest BCUT2D eigenvalue weighted by atomic mass is 14.6. The van der Waals surface area contributed by atoms with E-state index in [-0.39, 0.29) is 0 Å². The summed E-state index contributed by atoms with van der Waals surface area (Å²) in [6.07, 6.45) is 3.69. The number of hydrogen-bond acceptors (Lipinski definition) is 1. The van der Waals surface area contributed by atoms with Crippen LogP contribution in [-0.4, -0.2) is 4.98 Å². The summed E-state index contributed by atoms with van der Waals surface area (Å²) >= 11 is 0. The maximum Gasteiger partial charge on any atom is 0.0273 e. The van der Waals surface area contributed by atoms with Crippen LogP contribution < -0.4 is 0 Å². The molecule has 0 radical (unpaired) electrons. The number of hydrogen-bond donors (Lipinski definition) is 0. The summed E-state index contributed by atoms with van der Waals surface area (Å²) in [5, 5.41) is 4.99. The lowest BCUT2D eigenvalue weighted by Crippen LogP contribution is -1.92. The number of pyridine rings is 1. The number of benzene rings is 8. The molecular weight excluding hydrogens is 603 g/mol. The van der Waals surface area contributed by atoms with Crippen LogP contribution in [0.25, 0.3) is 88.3 Å². The van der Waals surface area contributed by atoms with Crippen molar-refractivity contribution in [3.8, 4) is 66.8 Å². The molecule has 0 aliphatic carbocycles. The fourth-order valence-electron chi connectivity index (χ4n) is 7.30. The molecule has 0 amide bonds. The van der Waals surface area contributed by atoms with Crippen molar-refractivity contribution in [3.63, 3.8) is 0 Å². The first-order valence-corrected chi connectivity index (χ1v) is 17.1. The Morgan fingerprint density at radius 2 is 0.540 bits per heavy atom. The first kappa shape index (κ1) is 29.6. The van der Waals surface area contributed by atoms with Crippen molar-refractivity contribution in [2.24, 2.45) is 0 Å². The van der Waals surface area contributed by atoms with Gasteiger partial charge >= 0.3 is 0 Å². The molecule has 9 aromatic rings. The first-order valence-electron chi connectivity index (χ1n) is 17.1. The number of rotatable bonds is 6. The summed E-state index contributed by atoms with van der Waals surface area (Å²) in [7, 11) is 0.